The van der Waals surface area contributed by atoms with Crippen LogP contribution in [0.1, 0.15) is 47.6 Å². The van der Waals surface area contributed by atoms with Crippen LogP contribution in [-0.2, 0) is 4.79 Å². The van der Waals surface area contributed by atoms with E-state index in [0.29, 0.717) is 18.5 Å². The summed E-state index contributed by atoms with van der Waals surface area (Å²) in [5, 5.41) is 6.77. The van der Waals surface area contributed by atoms with E-state index in [2.05, 4.69) is 5.32 Å². The number of thiophene rings is 1. The number of nitrogens with one attached hydrogen (secondary N) is 1. The summed E-state index contributed by atoms with van der Waals surface area (Å²) in [5.74, 6) is 0.0207. The Kier molecular flexibility index (Phi) is 5.64. The number of hydrogen-bond donors (Lipinski definition) is 1. The number of benzene rings is 1. The van der Waals surface area contributed by atoms with Crippen molar-refractivity contribution in [1.29, 1.82) is 0 Å². The average molecular weight is 342 g/mol. The maximum absolute atomic E-state index is 13.0. The third-order valence-corrected chi connectivity index (χ3v) is 5.05. The van der Waals surface area contributed by atoms with Crippen LogP contribution in [0.3, 0.4) is 0 Å². The molecule has 0 aliphatic carbocycles. The van der Waals surface area contributed by atoms with Crippen LogP contribution in [0.4, 0.5) is 0 Å². The molecule has 1 aromatic carbocycles. The van der Waals surface area contributed by atoms with Crippen molar-refractivity contribution in [1.82, 2.24) is 10.2 Å². The Morgan fingerprint density at radius 3 is 2.71 bits per heavy atom. The first-order valence-electron chi connectivity index (χ1n) is 8.40. The van der Waals surface area contributed by atoms with Crippen molar-refractivity contribution in [3.05, 3.63) is 58.3 Å². The van der Waals surface area contributed by atoms with E-state index in [4.69, 9.17) is 0 Å². The fourth-order valence-corrected chi connectivity index (χ4v) is 3.72. The van der Waals surface area contributed by atoms with Gasteiger partial charge in [0.1, 0.15) is 0 Å². The van der Waals surface area contributed by atoms with E-state index in [-0.39, 0.29) is 17.9 Å². The number of rotatable bonds is 2. The first kappa shape index (κ1) is 16.7. The Bertz CT molecular complexity index is 670. The lowest BCUT2D eigenvalue weighted by atomic mass is 9.99. The molecule has 1 aliphatic rings. The first-order valence-corrected chi connectivity index (χ1v) is 9.35. The lowest BCUT2D eigenvalue weighted by molar-refractivity contribution is -0.122. The van der Waals surface area contributed by atoms with Gasteiger partial charge in [-0.15, -0.1) is 0 Å². The van der Waals surface area contributed by atoms with E-state index in [0.717, 1.165) is 31.4 Å². The average Bonchev–Trinajstić information content (AvgIpc) is 3.15. The maximum atomic E-state index is 13.0. The molecule has 4 nitrogen and oxygen atoms in total. The summed E-state index contributed by atoms with van der Waals surface area (Å²) in [6.07, 6.45) is 3.23. The molecule has 0 spiro atoms. The summed E-state index contributed by atoms with van der Waals surface area (Å²) in [6.45, 7) is 1.40. The minimum Gasteiger partial charge on any atom is -0.356 e. The van der Waals surface area contributed by atoms with E-state index in [1.54, 1.807) is 0 Å². The predicted molar refractivity (Wildman–Crippen MR) is 96.0 cm³/mol. The lowest BCUT2D eigenvalue weighted by Gasteiger charge is -2.32. The third-order valence-electron chi connectivity index (χ3n) is 4.37. The Labute approximate surface area is 146 Å². The molecular weight excluding hydrogens is 320 g/mol. The van der Waals surface area contributed by atoms with Crippen molar-refractivity contribution in [3.63, 3.8) is 0 Å². The molecule has 3 rings (SSSR count). The normalized spacial score (nSPS) is 19.6. The SMILES string of the molecule is O=C1CC(c2ccccc2)N(C(=O)c2ccsc2)CCCCCN1. The molecule has 1 saturated heterocycles. The van der Waals surface area contributed by atoms with Gasteiger partial charge in [-0.1, -0.05) is 30.3 Å². The molecule has 5 heteroatoms. The van der Waals surface area contributed by atoms with Crippen LogP contribution in [0, 0.1) is 0 Å². The molecule has 2 aromatic rings. The van der Waals surface area contributed by atoms with Crippen LogP contribution < -0.4 is 5.32 Å². The summed E-state index contributed by atoms with van der Waals surface area (Å²) in [5.41, 5.74) is 1.72. The number of nitrogens with zero attached hydrogens (tertiary/aromatic N) is 1. The highest BCUT2D eigenvalue weighted by Gasteiger charge is 2.28. The second-order valence-electron chi connectivity index (χ2n) is 6.05. The standard InChI is InChI=1S/C19H22N2O2S/c22-18-13-17(15-7-3-1-4-8-15)21(11-6-2-5-10-20-18)19(23)16-9-12-24-14-16/h1,3-4,7-9,12,14,17H,2,5-6,10-11,13H2,(H,20,22). The van der Waals surface area contributed by atoms with Crippen molar-refractivity contribution in [3.8, 4) is 0 Å². The molecule has 24 heavy (non-hydrogen) atoms. The van der Waals surface area contributed by atoms with Gasteiger partial charge in [0.15, 0.2) is 0 Å². The Morgan fingerprint density at radius 1 is 1.12 bits per heavy atom. The largest absolute Gasteiger partial charge is 0.356 e. The van der Waals surface area contributed by atoms with Crippen molar-refractivity contribution < 1.29 is 9.59 Å². The zero-order chi connectivity index (χ0) is 16.8. The summed E-state index contributed by atoms with van der Waals surface area (Å²) < 4.78 is 0. The molecule has 2 amide bonds. The van der Waals surface area contributed by atoms with E-state index in [1.807, 2.05) is 52.1 Å². The number of carbonyl (C=O) groups is 2. The van der Waals surface area contributed by atoms with Gasteiger partial charge in [0.25, 0.3) is 5.91 Å². The van der Waals surface area contributed by atoms with Crippen LogP contribution in [0.5, 0.6) is 0 Å². The molecule has 1 aromatic heterocycles. The van der Waals surface area contributed by atoms with Gasteiger partial charge in [-0.2, -0.15) is 11.3 Å². The third kappa shape index (κ3) is 4.03. The molecule has 1 fully saturated rings. The highest BCUT2D eigenvalue weighted by molar-refractivity contribution is 7.08. The van der Waals surface area contributed by atoms with Crippen molar-refractivity contribution >= 4 is 23.2 Å². The van der Waals surface area contributed by atoms with Crippen LogP contribution in [0.2, 0.25) is 0 Å². The van der Waals surface area contributed by atoms with Gasteiger partial charge >= 0.3 is 0 Å². The van der Waals surface area contributed by atoms with Gasteiger partial charge in [0, 0.05) is 18.5 Å². The van der Waals surface area contributed by atoms with E-state index in [1.165, 1.54) is 11.3 Å². The van der Waals surface area contributed by atoms with E-state index in [9.17, 15) is 9.59 Å². The lowest BCUT2D eigenvalue weighted by Crippen LogP contribution is -2.39. The minimum atomic E-state index is -0.225. The second kappa shape index (κ2) is 8.11. The van der Waals surface area contributed by atoms with E-state index < -0.39 is 0 Å². The fraction of sp³-hybridized carbons (Fsp3) is 0.368. The molecule has 1 atom stereocenters. The van der Waals surface area contributed by atoms with Gasteiger partial charge < -0.3 is 10.2 Å². The Hall–Kier alpha value is -2.14. The zero-order valence-corrected chi connectivity index (χ0v) is 14.4. The predicted octanol–water partition coefficient (Wildman–Crippen LogP) is 3.62. The number of amides is 2. The van der Waals surface area contributed by atoms with Crippen molar-refractivity contribution in [2.24, 2.45) is 0 Å². The highest BCUT2D eigenvalue weighted by Crippen LogP contribution is 2.28. The fourth-order valence-electron chi connectivity index (χ4n) is 3.09. The van der Waals surface area contributed by atoms with E-state index >= 15 is 0 Å². The molecule has 1 unspecified atom stereocenters. The Morgan fingerprint density at radius 2 is 1.96 bits per heavy atom. The Balaban J connectivity index is 1.93. The van der Waals surface area contributed by atoms with Crippen molar-refractivity contribution in [2.75, 3.05) is 13.1 Å². The smallest absolute Gasteiger partial charge is 0.255 e. The van der Waals surface area contributed by atoms with Crippen molar-refractivity contribution in [2.45, 2.75) is 31.7 Å². The quantitative estimate of drug-likeness (QED) is 0.906. The maximum Gasteiger partial charge on any atom is 0.255 e. The minimum absolute atomic E-state index is 0.00821. The van der Waals surface area contributed by atoms with Gasteiger partial charge in [-0.25, -0.2) is 0 Å². The van der Waals surface area contributed by atoms with Gasteiger partial charge in [-0.3, -0.25) is 9.59 Å². The van der Waals surface area contributed by atoms with Gasteiger partial charge in [0.2, 0.25) is 5.91 Å². The molecule has 0 radical (unpaired) electrons. The summed E-state index contributed by atoms with van der Waals surface area (Å²) in [7, 11) is 0. The van der Waals surface area contributed by atoms with Gasteiger partial charge in [0.05, 0.1) is 18.0 Å². The number of carbonyl (C=O) groups excluding carboxylic acids is 2. The molecule has 1 aliphatic heterocycles. The second-order valence-corrected chi connectivity index (χ2v) is 6.83. The molecule has 0 saturated carbocycles. The van der Waals surface area contributed by atoms with Crippen LogP contribution >= 0.6 is 11.3 Å². The monoisotopic (exact) mass is 342 g/mol. The number of hydrogen-bond acceptors (Lipinski definition) is 3. The molecule has 2 heterocycles. The highest BCUT2D eigenvalue weighted by atomic mass is 32.1. The van der Waals surface area contributed by atoms with Crippen LogP contribution in [0.25, 0.3) is 0 Å². The molecular formula is C19H22N2O2S. The topological polar surface area (TPSA) is 49.4 Å². The summed E-state index contributed by atoms with van der Waals surface area (Å²) in [6, 6.07) is 11.5. The van der Waals surface area contributed by atoms with Crippen LogP contribution in [-0.4, -0.2) is 29.8 Å². The molecule has 126 valence electrons. The summed E-state index contributed by atoms with van der Waals surface area (Å²) >= 11 is 1.52. The van der Waals surface area contributed by atoms with Gasteiger partial charge in [-0.05, 0) is 36.3 Å². The first-order chi connectivity index (χ1) is 11.8. The molecule has 0 bridgehead atoms. The summed E-state index contributed by atoms with van der Waals surface area (Å²) in [4.78, 5) is 27.2. The zero-order valence-electron chi connectivity index (χ0n) is 13.6. The molecule has 1 N–H and O–H groups in total. The van der Waals surface area contributed by atoms with Crippen LogP contribution in [0.15, 0.2) is 47.2 Å².